The highest BCUT2D eigenvalue weighted by Gasteiger charge is 2.31. The minimum absolute atomic E-state index is 0.0340. The van der Waals surface area contributed by atoms with Gasteiger partial charge in [-0.1, -0.05) is 60.7 Å². The van der Waals surface area contributed by atoms with Crippen LogP contribution in [0.1, 0.15) is 37.8 Å². The van der Waals surface area contributed by atoms with Crippen LogP contribution in [0.3, 0.4) is 0 Å². The summed E-state index contributed by atoms with van der Waals surface area (Å²) < 4.78 is 53.1. The Morgan fingerprint density at radius 2 is 1.48 bits per heavy atom. The fourth-order valence-corrected chi connectivity index (χ4v) is 5.32. The summed E-state index contributed by atoms with van der Waals surface area (Å²) in [4.78, 5) is 28.6. The fourth-order valence-electron chi connectivity index (χ4n) is 4.36. The van der Waals surface area contributed by atoms with E-state index in [0.29, 0.717) is 6.42 Å². The van der Waals surface area contributed by atoms with Crippen molar-refractivity contribution < 1.29 is 26.8 Å². The lowest BCUT2D eigenvalue weighted by Crippen LogP contribution is -2.51. The van der Waals surface area contributed by atoms with E-state index in [1.807, 2.05) is 74.5 Å². The average Bonchev–Trinajstić information content (AvgIpc) is 2.90. The van der Waals surface area contributed by atoms with Gasteiger partial charge in [-0.25, -0.2) is 17.2 Å². The van der Waals surface area contributed by atoms with Crippen molar-refractivity contribution in [2.45, 2.75) is 51.7 Å². The first kappa shape index (κ1) is 30.7. The zero-order valence-corrected chi connectivity index (χ0v) is 23.7. The number of halogens is 2. The summed E-state index contributed by atoms with van der Waals surface area (Å²) in [6, 6.07) is 20.6. The molecule has 1 N–H and O–H groups in total. The molecule has 214 valence electrons. The highest BCUT2D eigenvalue weighted by Crippen LogP contribution is 2.22. The van der Waals surface area contributed by atoms with Crippen LogP contribution in [0.2, 0.25) is 0 Å². The lowest BCUT2D eigenvalue weighted by atomic mass is 10.0. The number of carbonyl (C=O) groups excluding carboxylic acids is 2. The molecule has 0 fully saturated rings. The van der Waals surface area contributed by atoms with Crippen molar-refractivity contribution in [3.05, 3.63) is 102 Å². The van der Waals surface area contributed by atoms with Gasteiger partial charge in [0.2, 0.25) is 21.8 Å². The van der Waals surface area contributed by atoms with Crippen LogP contribution in [0.4, 0.5) is 14.5 Å². The molecule has 10 heteroatoms. The van der Waals surface area contributed by atoms with Crippen LogP contribution in [0, 0.1) is 11.6 Å². The van der Waals surface area contributed by atoms with Gasteiger partial charge in [-0.2, -0.15) is 0 Å². The van der Waals surface area contributed by atoms with E-state index in [4.69, 9.17) is 0 Å². The summed E-state index contributed by atoms with van der Waals surface area (Å²) in [7, 11) is -3.84. The van der Waals surface area contributed by atoms with Crippen molar-refractivity contribution in [1.29, 1.82) is 0 Å². The zero-order chi connectivity index (χ0) is 29.3. The number of anilines is 1. The number of benzene rings is 3. The average molecular weight is 572 g/mol. The summed E-state index contributed by atoms with van der Waals surface area (Å²) in [5.41, 5.74) is 1.69. The van der Waals surface area contributed by atoms with Gasteiger partial charge in [-0.3, -0.25) is 13.9 Å². The number of rotatable bonds is 13. The molecular formula is C30H35F2N3O4S. The molecule has 40 heavy (non-hydrogen) atoms. The predicted molar refractivity (Wildman–Crippen MR) is 152 cm³/mol. The first-order chi connectivity index (χ1) is 19.0. The van der Waals surface area contributed by atoms with Crippen molar-refractivity contribution in [2.75, 3.05) is 17.1 Å². The lowest BCUT2D eigenvalue weighted by molar-refractivity contribution is -0.141. The number of nitrogens with zero attached hydrogens (tertiary/aromatic N) is 2. The molecule has 7 nitrogen and oxygen atoms in total. The highest BCUT2D eigenvalue weighted by molar-refractivity contribution is 7.92. The molecule has 0 spiro atoms. The monoisotopic (exact) mass is 571 g/mol. The Kier molecular flexibility index (Phi) is 10.8. The van der Waals surface area contributed by atoms with E-state index < -0.39 is 27.7 Å². The number of carbonyl (C=O) groups is 2. The first-order valence-electron chi connectivity index (χ1n) is 13.1. The molecule has 0 unspecified atom stereocenters. The molecule has 2 amide bonds. The zero-order valence-electron chi connectivity index (χ0n) is 22.9. The number of sulfonamides is 1. The van der Waals surface area contributed by atoms with E-state index in [1.165, 1.54) is 11.0 Å². The van der Waals surface area contributed by atoms with Crippen LogP contribution in [0.15, 0.2) is 78.9 Å². The second kappa shape index (κ2) is 14.0. The van der Waals surface area contributed by atoms with Gasteiger partial charge in [0, 0.05) is 38.0 Å². The van der Waals surface area contributed by atoms with E-state index >= 15 is 0 Å². The van der Waals surface area contributed by atoms with Crippen LogP contribution in [0.5, 0.6) is 0 Å². The molecule has 0 aliphatic heterocycles. The molecule has 0 saturated heterocycles. The molecule has 0 heterocycles. The molecule has 3 aromatic carbocycles. The number of amides is 2. The van der Waals surface area contributed by atoms with Crippen molar-refractivity contribution in [3.63, 3.8) is 0 Å². The topological polar surface area (TPSA) is 86.8 Å². The quantitative estimate of drug-likeness (QED) is 0.323. The molecule has 0 bridgehead atoms. The molecule has 3 rings (SSSR count). The van der Waals surface area contributed by atoms with E-state index in [9.17, 15) is 26.8 Å². The third-order valence-electron chi connectivity index (χ3n) is 6.24. The van der Waals surface area contributed by atoms with Crippen molar-refractivity contribution in [2.24, 2.45) is 0 Å². The maximum atomic E-state index is 13.8. The Hall–Kier alpha value is -3.79. The normalized spacial score (nSPS) is 12.2. The molecule has 0 aromatic heterocycles. The van der Waals surface area contributed by atoms with Gasteiger partial charge < -0.3 is 10.2 Å². The Morgan fingerprint density at radius 1 is 0.875 bits per heavy atom. The molecule has 1 atom stereocenters. The second-order valence-electron chi connectivity index (χ2n) is 9.91. The summed E-state index contributed by atoms with van der Waals surface area (Å²) in [6.45, 7) is 3.75. The van der Waals surface area contributed by atoms with Gasteiger partial charge in [0.15, 0.2) is 11.6 Å². The van der Waals surface area contributed by atoms with Gasteiger partial charge in [0.25, 0.3) is 0 Å². The molecule has 0 radical (unpaired) electrons. The summed E-state index contributed by atoms with van der Waals surface area (Å²) in [5, 5.41) is 2.92. The third-order valence-corrected chi connectivity index (χ3v) is 7.44. The molecule has 0 aliphatic carbocycles. The maximum Gasteiger partial charge on any atom is 0.243 e. The number of hydrogen-bond donors (Lipinski definition) is 1. The molecule has 0 saturated carbocycles. The standard InChI is InChI=1S/C30H35F2N3O4S/c1-22(2)33-30(37)28(19-23-11-6-4-7-12-23)34(21-24-13-8-5-9-14-24)29(36)15-10-18-35(40(3,38)39)25-16-17-26(31)27(32)20-25/h4-9,11-14,16-17,20,22,28H,10,15,18-19,21H2,1-3H3,(H,33,37)/t28-/m0/s1. The molecular weight excluding hydrogens is 536 g/mol. The van der Waals surface area contributed by atoms with Gasteiger partial charge in [0.05, 0.1) is 11.9 Å². The Balaban J connectivity index is 1.86. The summed E-state index contributed by atoms with van der Waals surface area (Å²) >= 11 is 0. The first-order valence-corrected chi connectivity index (χ1v) is 14.9. The lowest BCUT2D eigenvalue weighted by Gasteiger charge is -2.32. The van der Waals surface area contributed by atoms with Crippen LogP contribution in [-0.4, -0.2) is 50.0 Å². The Bertz CT molecular complexity index is 1390. The van der Waals surface area contributed by atoms with Gasteiger partial charge in [-0.15, -0.1) is 0 Å². The van der Waals surface area contributed by atoms with E-state index in [2.05, 4.69) is 5.32 Å². The van der Waals surface area contributed by atoms with E-state index in [0.717, 1.165) is 33.8 Å². The van der Waals surface area contributed by atoms with E-state index in [1.54, 1.807) is 0 Å². The number of hydrogen-bond acceptors (Lipinski definition) is 4. The third kappa shape index (κ3) is 8.87. The van der Waals surface area contributed by atoms with Crippen molar-refractivity contribution in [3.8, 4) is 0 Å². The van der Waals surface area contributed by atoms with Crippen molar-refractivity contribution in [1.82, 2.24) is 10.2 Å². The highest BCUT2D eigenvalue weighted by atomic mass is 32.2. The summed E-state index contributed by atoms with van der Waals surface area (Å²) in [6.07, 6.45) is 1.29. The largest absolute Gasteiger partial charge is 0.352 e. The maximum absolute atomic E-state index is 13.8. The minimum Gasteiger partial charge on any atom is -0.352 e. The summed E-state index contributed by atoms with van der Waals surface area (Å²) in [5.74, 6) is -2.88. The van der Waals surface area contributed by atoms with Gasteiger partial charge in [-0.05, 0) is 43.5 Å². The predicted octanol–water partition coefficient (Wildman–Crippen LogP) is 4.68. The van der Waals surface area contributed by atoms with Crippen LogP contribution in [0.25, 0.3) is 0 Å². The van der Waals surface area contributed by atoms with Crippen molar-refractivity contribution >= 4 is 27.5 Å². The van der Waals surface area contributed by atoms with Crippen LogP contribution < -0.4 is 9.62 Å². The Morgan fingerprint density at radius 3 is 2.02 bits per heavy atom. The fraction of sp³-hybridized carbons (Fsp3) is 0.333. The second-order valence-corrected chi connectivity index (χ2v) is 11.8. The molecule has 3 aromatic rings. The number of nitrogens with one attached hydrogen (secondary N) is 1. The van der Waals surface area contributed by atoms with E-state index in [-0.39, 0.29) is 49.5 Å². The SMILES string of the molecule is CC(C)NC(=O)[C@H](Cc1ccccc1)N(Cc1ccccc1)C(=O)CCCN(c1ccc(F)c(F)c1)S(C)(=O)=O. The Labute approximate surface area is 234 Å². The smallest absolute Gasteiger partial charge is 0.243 e. The van der Waals surface area contributed by atoms with Crippen LogP contribution >= 0.6 is 0 Å². The van der Waals surface area contributed by atoms with Gasteiger partial charge in [0.1, 0.15) is 6.04 Å². The van der Waals surface area contributed by atoms with Crippen LogP contribution in [-0.2, 0) is 32.6 Å². The van der Waals surface area contributed by atoms with Gasteiger partial charge >= 0.3 is 0 Å². The molecule has 0 aliphatic rings. The minimum atomic E-state index is -3.84.